The van der Waals surface area contributed by atoms with Gasteiger partial charge in [0.2, 0.25) is 0 Å². The summed E-state index contributed by atoms with van der Waals surface area (Å²) < 4.78 is 0. The first-order chi connectivity index (χ1) is 9.93. The molecule has 0 radical (unpaired) electrons. The van der Waals surface area contributed by atoms with Crippen molar-refractivity contribution < 1.29 is 4.79 Å². The average molecular weight is 310 g/mol. The molecule has 0 bridgehead atoms. The zero-order valence-corrected chi connectivity index (χ0v) is 14.2. The second-order valence-corrected chi connectivity index (χ2v) is 7.09. The smallest absolute Gasteiger partial charge is 0.315 e. The van der Waals surface area contributed by atoms with Crippen LogP contribution >= 0.6 is 11.3 Å². The Morgan fingerprint density at radius 2 is 2.14 bits per heavy atom. The summed E-state index contributed by atoms with van der Waals surface area (Å²) in [6.45, 7) is 4.64. The first-order valence-corrected chi connectivity index (χ1v) is 8.45. The van der Waals surface area contributed by atoms with Gasteiger partial charge in [0.15, 0.2) is 0 Å². The number of aromatic nitrogens is 1. The highest BCUT2D eigenvalue weighted by Crippen LogP contribution is 2.33. The van der Waals surface area contributed by atoms with Gasteiger partial charge in [0.1, 0.15) is 5.01 Å². The number of amides is 2. The molecule has 1 aromatic heterocycles. The van der Waals surface area contributed by atoms with Crippen LogP contribution in [-0.2, 0) is 0 Å². The Labute approximate surface area is 131 Å². The predicted molar refractivity (Wildman–Crippen MR) is 86.7 cm³/mol. The van der Waals surface area contributed by atoms with Crippen molar-refractivity contribution in [2.45, 2.75) is 51.1 Å². The van der Waals surface area contributed by atoms with Crippen molar-refractivity contribution in [1.82, 2.24) is 20.5 Å². The van der Waals surface area contributed by atoms with Gasteiger partial charge >= 0.3 is 6.03 Å². The molecule has 0 aromatic carbocycles. The van der Waals surface area contributed by atoms with E-state index in [-0.39, 0.29) is 17.6 Å². The SMILES string of the molecule is Cc1csc([C@@H](C)NC(=O)NCC2(N(C)C)CCCC2)n1. The normalized spacial score (nSPS) is 18.7. The predicted octanol–water partition coefficient (Wildman–Crippen LogP) is 2.69. The van der Waals surface area contributed by atoms with Crippen LogP contribution in [0.25, 0.3) is 0 Å². The number of nitrogens with zero attached hydrogens (tertiary/aromatic N) is 2. The summed E-state index contributed by atoms with van der Waals surface area (Å²) in [5, 5.41) is 8.96. The van der Waals surface area contributed by atoms with Crippen molar-refractivity contribution in [3.05, 3.63) is 16.1 Å². The van der Waals surface area contributed by atoms with Crippen molar-refractivity contribution in [1.29, 1.82) is 0 Å². The van der Waals surface area contributed by atoms with Gasteiger partial charge in [0, 0.05) is 23.2 Å². The van der Waals surface area contributed by atoms with E-state index >= 15 is 0 Å². The standard InChI is InChI=1S/C15H26N4OS/c1-11-9-21-13(17-11)12(2)18-14(20)16-10-15(19(3)4)7-5-6-8-15/h9,12H,5-8,10H2,1-4H3,(H2,16,18,20)/t12-/m1/s1. The number of carbonyl (C=O) groups is 1. The molecule has 1 aliphatic carbocycles. The van der Waals surface area contributed by atoms with E-state index < -0.39 is 0 Å². The number of hydrogen-bond acceptors (Lipinski definition) is 4. The fourth-order valence-electron chi connectivity index (χ4n) is 2.94. The molecule has 1 atom stereocenters. The van der Waals surface area contributed by atoms with Crippen LogP contribution in [0.3, 0.4) is 0 Å². The number of urea groups is 1. The maximum absolute atomic E-state index is 12.1. The fourth-order valence-corrected chi connectivity index (χ4v) is 3.74. The first kappa shape index (κ1) is 16.2. The summed E-state index contributed by atoms with van der Waals surface area (Å²) >= 11 is 1.59. The minimum Gasteiger partial charge on any atom is -0.336 e. The molecule has 1 aromatic rings. The maximum Gasteiger partial charge on any atom is 0.315 e. The number of hydrogen-bond donors (Lipinski definition) is 2. The van der Waals surface area contributed by atoms with Gasteiger partial charge in [-0.15, -0.1) is 11.3 Å². The molecule has 0 aliphatic heterocycles. The number of thiazole rings is 1. The molecular weight excluding hydrogens is 284 g/mol. The van der Waals surface area contributed by atoms with Crippen molar-refractivity contribution in [3.8, 4) is 0 Å². The summed E-state index contributed by atoms with van der Waals surface area (Å²) in [5.74, 6) is 0. The molecule has 21 heavy (non-hydrogen) atoms. The van der Waals surface area contributed by atoms with E-state index in [2.05, 4.69) is 34.6 Å². The molecule has 2 rings (SSSR count). The second-order valence-electron chi connectivity index (χ2n) is 6.20. The van der Waals surface area contributed by atoms with Crippen molar-refractivity contribution in [2.75, 3.05) is 20.6 Å². The van der Waals surface area contributed by atoms with Gasteiger partial charge in [-0.3, -0.25) is 0 Å². The lowest BCUT2D eigenvalue weighted by molar-refractivity contribution is 0.154. The van der Waals surface area contributed by atoms with E-state index in [1.807, 2.05) is 19.2 Å². The largest absolute Gasteiger partial charge is 0.336 e. The van der Waals surface area contributed by atoms with Crippen LogP contribution in [0, 0.1) is 6.92 Å². The van der Waals surface area contributed by atoms with E-state index in [4.69, 9.17) is 0 Å². The van der Waals surface area contributed by atoms with Gasteiger partial charge in [-0.25, -0.2) is 9.78 Å². The molecule has 6 heteroatoms. The zero-order valence-electron chi connectivity index (χ0n) is 13.4. The maximum atomic E-state index is 12.1. The topological polar surface area (TPSA) is 57.3 Å². The van der Waals surface area contributed by atoms with Crippen LogP contribution in [-0.4, -0.2) is 42.1 Å². The second kappa shape index (κ2) is 6.75. The number of carbonyl (C=O) groups excluding carboxylic acids is 1. The van der Waals surface area contributed by atoms with Crippen LogP contribution < -0.4 is 10.6 Å². The van der Waals surface area contributed by atoms with E-state index in [9.17, 15) is 4.79 Å². The zero-order chi connectivity index (χ0) is 15.5. The van der Waals surface area contributed by atoms with Crippen LogP contribution in [0.4, 0.5) is 4.79 Å². The fraction of sp³-hybridized carbons (Fsp3) is 0.733. The Kier molecular flexibility index (Phi) is 5.22. The Balaban J connectivity index is 1.84. The molecule has 0 unspecified atom stereocenters. The molecule has 1 aliphatic rings. The molecule has 1 fully saturated rings. The van der Waals surface area contributed by atoms with Gasteiger partial charge < -0.3 is 15.5 Å². The number of aryl methyl sites for hydroxylation is 1. The Morgan fingerprint density at radius 1 is 1.48 bits per heavy atom. The summed E-state index contributed by atoms with van der Waals surface area (Å²) in [7, 11) is 4.21. The van der Waals surface area contributed by atoms with E-state index in [0.29, 0.717) is 6.54 Å². The molecule has 0 saturated heterocycles. The molecule has 1 heterocycles. The summed E-state index contributed by atoms with van der Waals surface area (Å²) in [4.78, 5) is 18.8. The highest BCUT2D eigenvalue weighted by Gasteiger charge is 2.36. The van der Waals surface area contributed by atoms with Crippen LogP contribution in [0.15, 0.2) is 5.38 Å². The molecule has 118 valence electrons. The van der Waals surface area contributed by atoms with Crippen molar-refractivity contribution in [2.24, 2.45) is 0 Å². The summed E-state index contributed by atoms with van der Waals surface area (Å²) in [6.07, 6.45) is 4.80. The molecule has 1 saturated carbocycles. The summed E-state index contributed by atoms with van der Waals surface area (Å²) in [6, 6.07) is -0.161. The van der Waals surface area contributed by atoms with Gasteiger partial charge in [-0.05, 0) is 40.8 Å². The highest BCUT2D eigenvalue weighted by molar-refractivity contribution is 7.09. The Morgan fingerprint density at radius 3 is 2.67 bits per heavy atom. The molecule has 5 nitrogen and oxygen atoms in total. The Bertz CT molecular complexity index is 480. The minimum atomic E-state index is -0.108. The van der Waals surface area contributed by atoms with E-state index in [1.165, 1.54) is 12.8 Å². The third kappa shape index (κ3) is 3.95. The van der Waals surface area contributed by atoms with E-state index in [0.717, 1.165) is 23.5 Å². The van der Waals surface area contributed by atoms with Crippen LogP contribution in [0.1, 0.15) is 49.4 Å². The third-order valence-corrected chi connectivity index (χ3v) is 5.56. The quantitative estimate of drug-likeness (QED) is 0.879. The van der Waals surface area contributed by atoms with Crippen molar-refractivity contribution in [3.63, 3.8) is 0 Å². The first-order valence-electron chi connectivity index (χ1n) is 7.57. The monoisotopic (exact) mass is 310 g/mol. The molecule has 2 N–H and O–H groups in total. The van der Waals surface area contributed by atoms with E-state index in [1.54, 1.807) is 11.3 Å². The molecular formula is C15H26N4OS. The highest BCUT2D eigenvalue weighted by atomic mass is 32.1. The molecule has 2 amide bonds. The lowest BCUT2D eigenvalue weighted by Gasteiger charge is -2.36. The number of likely N-dealkylation sites (N-methyl/N-ethyl adjacent to an activating group) is 1. The number of nitrogens with one attached hydrogen (secondary N) is 2. The van der Waals surface area contributed by atoms with Gasteiger partial charge in [0.25, 0.3) is 0 Å². The average Bonchev–Trinajstić information content (AvgIpc) is 3.06. The summed E-state index contributed by atoms with van der Waals surface area (Å²) in [5.41, 5.74) is 1.12. The molecule has 0 spiro atoms. The Hall–Kier alpha value is -1.14. The third-order valence-electron chi connectivity index (χ3n) is 4.42. The van der Waals surface area contributed by atoms with Crippen molar-refractivity contribution >= 4 is 17.4 Å². The number of rotatable bonds is 5. The van der Waals surface area contributed by atoms with Gasteiger partial charge in [-0.2, -0.15) is 0 Å². The lowest BCUT2D eigenvalue weighted by Crippen LogP contribution is -2.52. The minimum absolute atomic E-state index is 0.0532. The lowest BCUT2D eigenvalue weighted by atomic mass is 9.96. The van der Waals surface area contributed by atoms with Gasteiger partial charge in [0.05, 0.1) is 6.04 Å². The van der Waals surface area contributed by atoms with Gasteiger partial charge in [-0.1, -0.05) is 12.8 Å². The van der Waals surface area contributed by atoms with Crippen LogP contribution in [0.2, 0.25) is 0 Å². The van der Waals surface area contributed by atoms with Crippen LogP contribution in [0.5, 0.6) is 0 Å².